The summed E-state index contributed by atoms with van der Waals surface area (Å²) in [7, 11) is 0. The van der Waals surface area contributed by atoms with Gasteiger partial charge in [0, 0.05) is 30.1 Å². The number of nitrogens with zero attached hydrogens (tertiary/aromatic N) is 2. The molecule has 0 fully saturated rings. The largest absolute Gasteiger partial charge is 0.486 e. The number of nitrogens with two attached hydrogens (primary N) is 2. The summed E-state index contributed by atoms with van der Waals surface area (Å²) in [6.45, 7) is 9.60. The van der Waals surface area contributed by atoms with Gasteiger partial charge in [-0.05, 0) is 69.5 Å². The molecule has 0 radical (unpaired) electrons. The van der Waals surface area contributed by atoms with Crippen LogP contribution in [0.1, 0.15) is 30.5 Å². The van der Waals surface area contributed by atoms with Crippen molar-refractivity contribution in [3.8, 4) is 22.8 Å². The second-order valence-electron chi connectivity index (χ2n) is 9.71. The average molecular weight is 506 g/mol. The number of ether oxygens (including phenoxy) is 2. The Morgan fingerprint density at radius 1 is 1.11 bits per heavy atom. The first kappa shape index (κ1) is 26.0. The van der Waals surface area contributed by atoms with Gasteiger partial charge >= 0.3 is 0 Å². The number of halogens is 1. The molecule has 1 amide bonds. The average Bonchev–Trinajstić information content (AvgIpc) is 3.16. The molecule has 2 heterocycles. The number of primary amides is 1. The zero-order valence-corrected chi connectivity index (χ0v) is 21.7. The first-order chi connectivity index (χ1) is 17.5. The SMILES string of the molecule is Cc1cccc(C)c1Nc1c(-c2c(C)cc(OC(C)(C)CN)cc2OCC(N)=O)nc2ccc(F)cn12. The molecule has 4 rings (SSSR count). The van der Waals surface area contributed by atoms with Gasteiger partial charge in [0.1, 0.15) is 40.1 Å². The summed E-state index contributed by atoms with van der Waals surface area (Å²) in [5, 5.41) is 3.48. The Hall–Kier alpha value is -4.11. The van der Waals surface area contributed by atoms with E-state index in [1.807, 2.05) is 58.9 Å². The van der Waals surface area contributed by atoms with E-state index in [1.54, 1.807) is 16.5 Å². The minimum atomic E-state index is -0.622. The lowest BCUT2D eigenvalue weighted by Crippen LogP contribution is -2.37. The molecular formula is C28H32FN5O3. The molecule has 2 aromatic heterocycles. The third kappa shape index (κ3) is 5.51. The zero-order chi connectivity index (χ0) is 26.9. The van der Waals surface area contributed by atoms with Crippen molar-refractivity contribution in [2.24, 2.45) is 11.5 Å². The summed E-state index contributed by atoms with van der Waals surface area (Å²) in [6.07, 6.45) is 1.38. The quantitative estimate of drug-likeness (QED) is 0.301. The second-order valence-corrected chi connectivity index (χ2v) is 9.71. The Balaban J connectivity index is 1.95. The minimum absolute atomic E-state index is 0.299. The van der Waals surface area contributed by atoms with E-state index in [9.17, 15) is 9.18 Å². The van der Waals surface area contributed by atoms with Crippen LogP contribution in [-0.4, -0.2) is 34.0 Å². The van der Waals surface area contributed by atoms with E-state index in [0.717, 1.165) is 22.4 Å². The van der Waals surface area contributed by atoms with Crippen molar-refractivity contribution >= 4 is 23.1 Å². The van der Waals surface area contributed by atoms with E-state index in [2.05, 4.69) is 5.32 Å². The fourth-order valence-corrected chi connectivity index (χ4v) is 4.15. The topological polar surface area (TPSA) is 117 Å². The van der Waals surface area contributed by atoms with Gasteiger partial charge in [0.05, 0.1) is 0 Å². The maximum Gasteiger partial charge on any atom is 0.255 e. The van der Waals surface area contributed by atoms with Crippen LogP contribution in [0.2, 0.25) is 0 Å². The van der Waals surface area contributed by atoms with Crippen LogP contribution in [-0.2, 0) is 4.79 Å². The molecule has 0 saturated heterocycles. The van der Waals surface area contributed by atoms with Crippen LogP contribution in [0.3, 0.4) is 0 Å². The Labute approximate surface area is 215 Å². The normalized spacial score (nSPS) is 11.5. The van der Waals surface area contributed by atoms with Crippen LogP contribution in [0.25, 0.3) is 16.9 Å². The molecule has 0 unspecified atom stereocenters. The van der Waals surface area contributed by atoms with Crippen LogP contribution >= 0.6 is 0 Å². The Bertz CT molecular complexity index is 1460. The van der Waals surface area contributed by atoms with E-state index in [-0.39, 0.29) is 6.61 Å². The van der Waals surface area contributed by atoms with Gasteiger partial charge in [-0.15, -0.1) is 0 Å². The van der Waals surface area contributed by atoms with Gasteiger partial charge in [-0.25, -0.2) is 9.37 Å². The van der Waals surface area contributed by atoms with Crippen LogP contribution in [0.15, 0.2) is 48.7 Å². The number of nitrogens with one attached hydrogen (secondary N) is 1. The van der Waals surface area contributed by atoms with Gasteiger partial charge in [0.15, 0.2) is 6.61 Å². The number of hydrogen-bond donors (Lipinski definition) is 3. The molecule has 4 aromatic rings. The van der Waals surface area contributed by atoms with E-state index in [0.29, 0.717) is 40.8 Å². The molecule has 2 aromatic carbocycles. The van der Waals surface area contributed by atoms with E-state index in [1.165, 1.54) is 12.3 Å². The Kier molecular flexibility index (Phi) is 7.09. The number of carbonyl (C=O) groups is 1. The lowest BCUT2D eigenvalue weighted by molar-refractivity contribution is -0.119. The van der Waals surface area contributed by atoms with Gasteiger partial charge < -0.3 is 26.3 Å². The molecule has 0 aliphatic carbocycles. The predicted octanol–water partition coefficient (Wildman–Crippen LogP) is 4.79. The standard InChI is InChI=1S/C28H32FN5O3/c1-16-7-6-8-17(2)25(16)33-27-26(32-23-10-9-19(29)13-34(23)27)24-18(3)11-20(37-28(4,5)15-30)12-21(24)36-14-22(31)35/h6-13,33H,14-15,30H2,1-5H3,(H2,31,35). The molecule has 0 spiro atoms. The highest BCUT2D eigenvalue weighted by molar-refractivity contribution is 5.86. The smallest absolute Gasteiger partial charge is 0.255 e. The third-order valence-electron chi connectivity index (χ3n) is 6.07. The van der Waals surface area contributed by atoms with Crippen LogP contribution < -0.4 is 26.3 Å². The third-order valence-corrected chi connectivity index (χ3v) is 6.07. The molecule has 5 N–H and O–H groups in total. The highest BCUT2D eigenvalue weighted by Crippen LogP contribution is 2.42. The highest BCUT2D eigenvalue weighted by atomic mass is 19.1. The number of aryl methyl sites for hydroxylation is 3. The summed E-state index contributed by atoms with van der Waals surface area (Å²) in [4.78, 5) is 16.4. The van der Waals surface area contributed by atoms with Crippen molar-refractivity contribution in [3.63, 3.8) is 0 Å². The number of pyridine rings is 1. The summed E-state index contributed by atoms with van der Waals surface area (Å²) >= 11 is 0. The lowest BCUT2D eigenvalue weighted by atomic mass is 10.0. The predicted molar refractivity (Wildman–Crippen MR) is 143 cm³/mol. The van der Waals surface area contributed by atoms with Crippen molar-refractivity contribution < 1.29 is 18.7 Å². The van der Waals surface area contributed by atoms with Crippen LogP contribution in [0.5, 0.6) is 11.5 Å². The molecular weight excluding hydrogens is 473 g/mol. The summed E-state index contributed by atoms with van der Waals surface area (Å²) in [5.74, 6) is 0.402. The first-order valence-corrected chi connectivity index (χ1v) is 11.9. The molecule has 0 atom stereocenters. The maximum atomic E-state index is 14.4. The maximum absolute atomic E-state index is 14.4. The number of para-hydroxylation sites is 1. The van der Waals surface area contributed by atoms with Gasteiger partial charge in [0.25, 0.3) is 5.91 Å². The van der Waals surface area contributed by atoms with E-state index < -0.39 is 17.3 Å². The fraction of sp³-hybridized carbons (Fsp3) is 0.286. The van der Waals surface area contributed by atoms with Crippen LogP contribution in [0.4, 0.5) is 15.9 Å². The van der Waals surface area contributed by atoms with Crippen molar-refractivity contribution in [1.29, 1.82) is 0 Å². The zero-order valence-electron chi connectivity index (χ0n) is 21.7. The molecule has 9 heteroatoms. The number of hydrogen-bond acceptors (Lipinski definition) is 6. The van der Waals surface area contributed by atoms with E-state index >= 15 is 0 Å². The van der Waals surface area contributed by atoms with Crippen molar-refractivity contribution in [2.45, 2.75) is 40.2 Å². The molecule has 37 heavy (non-hydrogen) atoms. The second kappa shape index (κ2) is 10.1. The van der Waals surface area contributed by atoms with Crippen molar-refractivity contribution in [1.82, 2.24) is 9.38 Å². The van der Waals surface area contributed by atoms with Crippen LogP contribution in [0, 0.1) is 26.6 Å². The molecule has 0 bridgehead atoms. The number of carbonyl (C=O) groups excluding carboxylic acids is 1. The monoisotopic (exact) mass is 505 g/mol. The number of anilines is 2. The van der Waals surface area contributed by atoms with Gasteiger partial charge in [-0.3, -0.25) is 9.20 Å². The van der Waals surface area contributed by atoms with Crippen molar-refractivity contribution in [2.75, 3.05) is 18.5 Å². The summed E-state index contributed by atoms with van der Waals surface area (Å²) < 4.78 is 28.0. The summed E-state index contributed by atoms with van der Waals surface area (Å²) in [5.41, 5.74) is 16.0. The fourth-order valence-electron chi connectivity index (χ4n) is 4.15. The molecule has 0 saturated carbocycles. The van der Waals surface area contributed by atoms with Gasteiger partial charge in [-0.2, -0.15) is 0 Å². The molecule has 0 aliphatic rings. The molecule has 8 nitrogen and oxygen atoms in total. The number of benzene rings is 2. The first-order valence-electron chi connectivity index (χ1n) is 11.9. The number of imidazole rings is 1. The Morgan fingerprint density at radius 3 is 2.46 bits per heavy atom. The van der Waals surface area contributed by atoms with Gasteiger partial charge in [-0.1, -0.05) is 18.2 Å². The number of aromatic nitrogens is 2. The summed E-state index contributed by atoms with van der Waals surface area (Å²) in [6, 6.07) is 12.5. The highest BCUT2D eigenvalue weighted by Gasteiger charge is 2.24. The Morgan fingerprint density at radius 2 is 1.81 bits per heavy atom. The number of amides is 1. The van der Waals surface area contributed by atoms with Gasteiger partial charge in [0.2, 0.25) is 0 Å². The molecule has 194 valence electrons. The number of fused-ring (bicyclic) bond motifs is 1. The lowest BCUT2D eigenvalue weighted by Gasteiger charge is -2.26. The number of rotatable bonds is 9. The van der Waals surface area contributed by atoms with Crippen molar-refractivity contribution in [3.05, 3.63) is 71.2 Å². The minimum Gasteiger partial charge on any atom is -0.486 e. The van der Waals surface area contributed by atoms with E-state index in [4.69, 9.17) is 25.9 Å². The molecule has 0 aliphatic heterocycles.